The van der Waals surface area contributed by atoms with Gasteiger partial charge in [0.05, 0.1) is 40.5 Å². The number of aromatic nitrogens is 2. The Morgan fingerprint density at radius 2 is 1.59 bits per heavy atom. The van der Waals surface area contributed by atoms with Crippen molar-refractivity contribution < 1.29 is 31.5 Å². The molecule has 190 valence electrons. The third-order valence-electron chi connectivity index (χ3n) is 6.23. The topological polar surface area (TPSA) is 100 Å². The van der Waals surface area contributed by atoms with Crippen molar-refractivity contribution in [2.24, 2.45) is 0 Å². The lowest BCUT2D eigenvalue weighted by atomic mass is 9.86. The molecule has 0 aliphatic carbocycles. The smallest absolute Gasteiger partial charge is 0.380 e. The number of carbonyl (C=O) groups excluding carboxylic acids is 1. The zero-order valence-corrected chi connectivity index (χ0v) is 20.0. The second-order valence-corrected chi connectivity index (χ2v) is 10.8. The highest BCUT2D eigenvalue weighted by atomic mass is 32.2. The Morgan fingerprint density at radius 3 is 2.30 bits per heavy atom. The summed E-state index contributed by atoms with van der Waals surface area (Å²) in [6.07, 6.45) is -2.01. The number of sulfone groups is 1. The number of fused-ring (bicyclic) bond motifs is 1. The van der Waals surface area contributed by atoms with Gasteiger partial charge >= 0.3 is 6.18 Å². The molecule has 1 aliphatic heterocycles. The molecule has 1 fully saturated rings. The molecule has 11 heteroatoms. The number of rotatable bonds is 5. The summed E-state index contributed by atoms with van der Waals surface area (Å²) >= 11 is 0. The first-order valence-electron chi connectivity index (χ1n) is 11.2. The van der Waals surface area contributed by atoms with Crippen molar-refractivity contribution in [1.82, 2.24) is 14.9 Å². The summed E-state index contributed by atoms with van der Waals surface area (Å²) in [5, 5.41) is 11.4. The minimum Gasteiger partial charge on any atom is -0.380 e. The number of hydrogen-bond acceptors (Lipinski definition) is 6. The van der Waals surface area contributed by atoms with E-state index in [1.165, 1.54) is 41.4 Å². The lowest BCUT2D eigenvalue weighted by Gasteiger charge is -2.46. The summed E-state index contributed by atoms with van der Waals surface area (Å²) in [6.45, 7) is -0.702. The largest absolute Gasteiger partial charge is 0.418 e. The highest BCUT2D eigenvalue weighted by molar-refractivity contribution is 7.90. The predicted octanol–water partition coefficient (Wildman–Crippen LogP) is 3.97. The number of halogens is 3. The molecule has 3 heterocycles. The van der Waals surface area contributed by atoms with Crippen LogP contribution in [0.3, 0.4) is 0 Å². The molecule has 0 atom stereocenters. The number of β-amino-alcohol motifs (C(OH)–C–C–N with tert-alkyl or cyclic N) is 1. The molecule has 1 amide bonds. The number of benzene rings is 2. The molecule has 0 bridgehead atoms. The van der Waals surface area contributed by atoms with Gasteiger partial charge in [0.1, 0.15) is 5.60 Å². The van der Waals surface area contributed by atoms with E-state index in [4.69, 9.17) is 0 Å². The van der Waals surface area contributed by atoms with Gasteiger partial charge in [-0.05, 0) is 42.0 Å². The van der Waals surface area contributed by atoms with Gasteiger partial charge < -0.3 is 10.0 Å². The van der Waals surface area contributed by atoms with E-state index in [-0.39, 0.29) is 29.3 Å². The second kappa shape index (κ2) is 8.93. The van der Waals surface area contributed by atoms with Gasteiger partial charge in [0, 0.05) is 23.3 Å². The van der Waals surface area contributed by atoms with Gasteiger partial charge in [0.25, 0.3) is 5.91 Å². The Hall–Kier alpha value is -3.83. The van der Waals surface area contributed by atoms with E-state index in [0.717, 1.165) is 18.3 Å². The number of amides is 1. The van der Waals surface area contributed by atoms with Crippen LogP contribution in [0.4, 0.5) is 13.2 Å². The van der Waals surface area contributed by atoms with Crippen molar-refractivity contribution in [3.05, 3.63) is 102 Å². The summed E-state index contributed by atoms with van der Waals surface area (Å²) in [7, 11) is -3.73. The summed E-state index contributed by atoms with van der Waals surface area (Å²) in [6, 6.07) is 16.3. The Morgan fingerprint density at radius 1 is 0.946 bits per heavy atom. The van der Waals surface area contributed by atoms with Crippen molar-refractivity contribution in [2.75, 3.05) is 13.1 Å². The van der Waals surface area contributed by atoms with Crippen LogP contribution < -0.4 is 0 Å². The van der Waals surface area contributed by atoms with E-state index >= 15 is 0 Å². The molecular formula is C26H20F3N3O4S. The van der Waals surface area contributed by atoms with Gasteiger partial charge in [-0.15, -0.1) is 0 Å². The van der Waals surface area contributed by atoms with E-state index in [2.05, 4.69) is 9.97 Å². The highest BCUT2D eigenvalue weighted by Gasteiger charge is 2.50. The molecule has 7 nitrogen and oxygen atoms in total. The van der Waals surface area contributed by atoms with Gasteiger partial charge in [0.2, 0.25) is 0 Å². The van der Waals surface area contributed by atoms with Crippen LogP contribution in [0, 0.1) is 0 Å². The van der Waals surface area contributed by atoms with Gasteiger partial charge in [-0.2, -0.15) is 13.2 Å². The number of aliphatic hydroxyl groups is 1. The Labute approximate surface area is 210 Å². The fraction of sp³-hybridized carbons (Fsp3) is 0.192. The number of pyridine rings is 2. The minimum atomic E-state index is -4.69. The molecule has 2 aromatic carbocycles. The Balaban J connectivity index is 1.30. The maximum Gasteiger partial charge on any atom is 0.418 e. The molecule has 1 saturated heterocycles. The lowest BCUT2D eigenvalue weighted by Crippen LogP contribution is -2.62. The van der Waals surface area contributed by atoms with Gasteiger partial charge in [0.15, 0.2) is 9.84 Å². The third kappa shape index (κ3) is 4.67. The first kappa shape index (κ1) is 24.8. The summed E-state index contributed by atoms with van der Waals surface area (Å²) in [5.74, 6) is -0.803. The molecule has 0 radical (unpaired) electrons. The zero-order valence-electron chi connectivity index (χ0n) is 19.2. The molecular weight excluding hydrogens is 507 g/mol. The van der Waals surface area contributed by atoms with E-state index in [1.807, 2.05) is 0 Å². The summed E-state index contributed by atoms with van der Waals surface area (Å²) < 4.78 is 66.1. The fourth-order valence-corrected chi connectivity index (χ4v) is 5.97. The van der Waals surface area contributed by atoms with E-state index in [1.54, 1.807) is 24.3 Å². The van der Waals surface area contributed by atoms with Crippen molar-refractivity contribution in [1.29, 1.82) is 0 Å². The van der Waals surface area contributed by atoms with Crippen LogP contribution >= 0.6 is 0 Å². The van der Waals surface area contributed by atoms with Crippen LogP contribution in [0.15, 0.2) is 84.0 Å². The zero-order chi connectivity index (χ0) is 26.4. The van der Waals surface area contributed by atoms with Crippen molar-refractivity contribution in [3.8, 4) is 0 Å². The van der Waals surface area contributed by atoms with E-state index in [0.29, 0.717) is 16.5 Å². The molecule has 0 saturated carbocycles. The SMILES string of the molecule is O=C(c1ccc(CS(=O)(=O)c2cccc3cccnc23)cc1)N1CC(O)(c2ncccc2C(F)(F)F)C1. The monoisotopic (exact) mass is 527 g/mol. The van der Waals surface area contributed by atoms with Gasteiger partial charge in [-0.1, -0.05) is 30.3 Å². The molecule has 4 aromatic rings. The maximum absolute atomic E-state index is 13.3. The van der Waals surface area contributed by atoms with Crippen molar-refractivity contribution in [3.63, 3.8) is 0 Å². The Bertz CT molecular complexity index is 1590. The van der Waals surface area contributed by atoms with Crippen LogP contribution in [-0.2, 0) is 27.4 Å². The number of alkyl halides is 3. The molecule has 0 unspecified atom stereocenters. The van der Waals surface area contributed by atoms with Crippen LogP contribution in [0.1, 0.15) is 27.2 Å². The minimum absolute atomic E-state index is 0.110. The standard InChI is InChI=1S/C26H20F3N3O4S/c27-26(28,29)20-6-3-13-31-23(20)25(34)15-32(16-25)24(33)19-10-8-17(9-11-19)14-37(35,36)21-7-1-4-18-5-2-12-30-22(18)21/h1-13,34H,14-16H2. The molecule has 0 spiro atoms. The first-order valence-corrected chi connectivity index (χ1v) is 12.8. The average molecular weight is 528 g/mol. The first-order chi connectivity index (χ1) is 17.5. The quantitative estimate of drug-likeness (QED) is 0.422. The molecule has 1 N–H and O–H groups in total. The fourth-order valence-electron chi connectivity index (χ4n) is 4.43. The van der Waals surface area contributed by atoms with Crippen LogP contribution in [0.25, 0.3) is 10.9 Å². The van der Waals surface area contributed by atoms with E-state index in [9.17, 15) is 31.5 Å². The predicted molar refractivity (Wildman–Crippen MR) is 128 cm³/mol. The lowest BCUT2D eigenvalue weighted by molar-refractivity contribution is -0.146. The van der Waals surface area contributed by atoms with Crippen molar-refractivity contribution in [2.45, 2.75) is 22.4 Å². The van der Waals surface area contributed by atoms with Crippen LogP contribution in [0.5, 0.6) is 0 Å². The third-order valence-corrected chi connectivity index (χ3v) is 7.95. The number of carbonyl (C=O) groups is 1. The van der Waals surface area contributed by atoms with Gasteiger partial charge in [-0.3, -0.25) is 14.8 Å². The number of likely N-dealkylation sites (tertiary alicyclic amines) is 1. The van der Waals surface area contributed by atoms with Crippen LogP contribution in [0.2, 0.25) is 0 Å². The molecule has 1 aliphatic rings. The van der Waals surface area contributed by atoms with Crippen LogP contribution in [-0.4, -0.2) is 47.4 Å². The number of nitrogens with zero attached hydrogens (tertiary/aromatic N) is 3. The normalized spacial score (nSPS) is 15.4. The Kier molecular flexibility index (Phi) is 5.99. The average Bonchev–Trinajstić information content (AvgIpc) is 2.86. The molecule has 37 heavy (non-hydrogen) atoms. The molecule has 2 aromatic heterocycles. The van der Waals surface area contributed by atoms with Gasteiger partial charge in [-0.25, -0.2) is 8.42 Å². The van der Waals surface area contributed by atoms with E-state index < -0.39 is 38.8 Å². The number of para-hydroxylation sites is 1. The highest BCUT2D eigenvalue weighted by Crippen LogP contribution is 2.40. The number of hydrogen-bond donors (Lipinski definition) is 1. The summed E-state index contributed by atoms with van der Waals surface area (Å²) in [5.41, 5.74) is -2.43. The maximum atomic E-state index is 13.3. The van der Waals surface area contributed by atoms with Crippen molar-refractivity contribution >= 4 is 26.6 Å². The second-order valence-electron chi connectivity index (χ2n) is 8.88. The summed E-state index contributed by atoms with van der Waals surface area (Å²) in [4.78, 5) is 22.1. The molecule has 5 rings (SSSR count).